The molecule has 0 unspecified atom stereocenters. The summed E-state index contributed by atoms with van der Waals surface area (Å²) in [5.41, 5.74) is 0. The van der Waals surface area contributed by atoms with Gasteiger partial charge in [0.25, 0.3) is 0 Å². The van der Waals surface area contributed by atoms with Gasteiger partial charge in [-0.05, 0) is 32.4 Å². The van der Waals surface area contributed by atoms with Gasteiger partial charge in [-0.15, -0.1) is 35.3 Å². The SMILES string of the molecule is CCNC(=NCc1ccc(C)s1)NCCN1CCCS1(=O)=O.I. The molecule has 6 nitrogen and oxygen atoms in total. The first kappa shape index (κ1) is 20.7. The lowest BCUT2D eigenvalue weighted by atomic mass is 10.4. The number of halogens is 1. The zero-order valence-electron chi connectivity index (χ0n) is 13.5. The normalized spacial score (nSPS) is 17.7. The van der Waals surface area contributed by atoms with Crippen molar-refractivity contribution in [3.05, 3.63) is 21.9 Å². The maximum absolute atomic E-state index is 11.7. The molecule has 1 saturated heterocycles. The highest BCUT2D eigenvalue weighted by molar-refractivity contribution is 14.0. The van der Waals surface area contributed by atoms with Crippen LogP contribution >= 0.6 is 35.3 Å². The second-order valence-corrected chi connectivity index (χ2v) is 8.66. The Morgan fingerprint density at radius 1 is 1.39 bits per heavy atom. The molecule has 0 amide bonds. The van der Waals surface area contributed by atoms with Crippen molar-refractivity contribution in [3.63, 3.8) is 0 Å². The molecule has 0 spiro atoms. The maximum atomic E-state index is 11.7. The summed E-state index contributed by atoms with van der Waals surface area (Å²) in [5.74, 6) is 1.00. The highest BCUT2D eigenvalue weighted by atomic mass is 127. The largest absolute Gasteiger partial charge is 0.357 e. The van der Waals surface area contributed by atoms with Crippen LogP contribution in [0.3, 0.4) is 0 Å². The number of thiophene rings is 1. The molecule has 9 heteroatoms. The molecule has 0 aromatic carbocycles. The lowest BCUT2D eigenvalue weighted by Crippen LogP contribution is -2.42. The molecule has 1 aromatic heterocycles. The Labute approximate surface area is 159 Å². The molecular formula is C14H25IN4O2S2. The highest BCUT2D eigenvalue weighted by Gasteiger charge is 2.27. The molecule has 2 rings (SSSR count). The van der Waals surface area contributed by atoms with E-state index in [1.165, 1.54) is 9.75 Å². The van der Waals surface area contributed by atoms with E-state index in [9.17, 15) is 8.42 Å². The van der Waals surface area contributed by atoms with Crippen LogP contribution in [0, 0.1) is 6.92 Å². The van der Waals surface area contributed by atoms with Gasteiger partial charge in [-0.1, -0.05) is 0 Å². The van der Waals surface area contributed by atoms with Crippen LogP contribution in [-0.2, 0) is 16.6 Å². The molecule has 1 aliphatic heterocycles. The van der Waals surface area contributed by atoms with Crippen molar-refractivity contribution < 1.29 is 8.42 Å². The molecule has 132 valence electrons. The van der Waals surface area contributed by atoms with Crippen LogP contribution in [0.15, 0.2) is 17.1 Å². The molecule has 0 aliphatic carbocycles. The summed E-state index contributed by atoms with van der Waals surface area (Å²) in [4.78, 5) is 7.03. The molecule has 1 aromatic rings. The molecule has 0 radical (unpaired) electrons. The molecular weight excluding hydrogens is 447 g/mol. The topological polar surface area (TPSA) is 73.8 Å². The van der Waals surface area contributed by atoms with Crippen molar-refractivity contribution in [2.75, 3.05) is 31.9 Å². The van der Waals surface area contributed by atoms with E-state index in [-0.39, 0.29) is 29.7 Å². The first-order chi connectivity index (χ1) is 10.5. The van der Waals surface area contributed by atoms with Crippen LogP contribution in [0.4, 0.5) is 0 Å². The Bertz CT molecular complexity index is 616. The number of rotatable bonds is 6. The van der Waals surface area contributed by atoms with Crippen molar-refractivity contribution in [2.45, 2.75) is 26.8 Å². The van der Waals surface area contributed by atoms with Crippen molar-refractivity contribution in [1.29, 1.82) is 0 Å². The van der Waals surface area contributed by atoms with Gasteiger partial charge in [-0.2, -0.15) is 0 Å². The predicted octanol–water partition coefficient (Wildman–Crippen LogP) is 1.77. The summed E-state index contributed by atoms with van der Waals surface area (Å²) in [6.07, 6.45) is 0.730. The summed E-state index contributed by atoms with van der Waals surface area (Å²) < 4.78 is 25.0. The molecule has 23 heavy (non-hydrogen) atoms. The van der Waals surface area contributed by atoms with Gasteiger partial charge in [-0.3, -0.25) is 0 Å². The van der Waals surface area contributed by atoms with E-state index in [4.69, 9.17) is 0 Å². The van der Waals surface area contributed by atoms with Crippen LogP contribution < -0.4 is 10.6 Å². The molecule has 2 N–H and O–H groups in total. The minimum absolute atomic E-state index is 0. The minimum atomic E-state index is -3.02. The summed E-state index contributed by atoms with van der Waals surface area (Å²) in [6.45, 7) is 7.19. The summed E-state index contributed by atoms with van der Waals surface area (Å²) in [7, 11) is -3.02. The van der Waals surface area contributed by atoms with Gasteiger partial charge in [0, 0.05) is 35.9 Å². The van der Waals surface area contributed by atoms with E-state index in [0.29, 0.717) is 26.2 Å². The number of nitrogens with zero attached hydrogens (tertiary/aromatic N) is 2. The summed E-state index contributed by atoms with van der Waals surface area (Å²) >= 11 is 1.74. The average Bonchev–Trinajstić information content (AvgIpc) is 3.02. The van der Waals surface area contributed by atoms with E-state index < -0.39 is 10.0 Å². The molecule has 0 atom stereocenters. The quantitative estimate of drug-likeness (QED) is 0.376. The number of nitrogens with one attached hydrogen (secondary N) is 2. The van der Waals surface area contributed by atoms with E-state index >= 15 is 0 Å². The van der Waals surface area contributed by atoms with Crippen molar-refractivity contribution in [1.82, 2.24) is 14.9 Å². The Morgan fingerprint density at radius 2 is 2.17 bits per heavy atom. The number of guanidine groups is 1. The van der Waals surface area contributed by atoms with Gasteiger partial charge in [0.05, 0.1) is 12.3 Å². The van der Waals surface area contributed by atoms with Crippen LogP contribution in [0.5, 0.6) is 0 Å². The van der Waals surface area contributed by atoms with E-state index in [1.54, 1.807) is 15.6 Å². The van der Waals surface area contributed by atoms with Gasteiger partial charge in [-0.25, -0.2) is 17.7 Å². The lowest BCUT2D eigenvalue weighted by molar-refractivity contribution is 0.445. The molecule has 1 aliphatic rings. The van der Waals surface area contributed by atoms with Crippen molar-refractivity contribution in [3.8, 4) is 0 Å². The Morgan fingerprint density at radius 3 is 2.74 bits per heavy atom. The number of hydrogen-bond donors (Lipinski definition) is 2. The van der Waals surface area contributed by atoms with Crippen molar-refractivity contribution in [2.24, 2.45) is 4.99 Å². The van der Waals surface area contributed by atoms with Gasteiger partial charge in [0.15, 0.2) is 5.96 Å². The third kappa shape index (κ3) is 6.55. The van der Waals surface area contributed by atoms with Crippen LogP contribution in [0.1, 0.15) is 23.1 Å². The second kappa shape index (κ2) is 9.80. The van der Waals surface area contributed by atoms with Crippen LogP contribution in [0.25, 0.3) is 0 Å². The lowest BCUT2D eigenvalue weighted by Gasteiger charge is -2.16. The van der Waals surface area contributed by atoms with Crippen LogP contribution in [-0.4, -0.2) is 50.6 Å². The third-order valence-corrected chi connectivity index (χ3v) is 6.33. The number of aryl methyl sites for hydroxylation is 1. The monoisotopic (exact) mass is 472 g/mol. The number of sulfonamides is 1. The summed E-state index contributed by atoms with van der Waals surface area (Å²) in [6, 6.07) is 4.18. The zero-order valence-corrected chi connectivity index (χ0v) is 17.5. The van der Waals surface area contributed by atoms with E-state index in [0.717, 1.165) is 18.9 Å². The fourth-order valence-electron chi connectivity index (χ4n) is 2.31. The highest BCUT2D eigenvalue weighted by Crippen LogP contribution is 2.15. The maximum Gasteiger partial charge on any atom is 0.214 e. The fraction of sp³-hybridized carbons (Fsp3) is 0.643. The summed E-state index contributed by atoms with van der Waals surface area (Å²) in [5, 5.41) is 6.38. The van der Waals surface area contributed by atoms with Gasteiger partial charge in [0.1, 0.15) is 0 Å². The standard InChI is InChI=1S/C14H24N4O2S2.HI/c1-3-15-14(17-11-13-6-5-12(2)21-13)16-7-9-18-8-4-10-22(18,19)20;/h5-6H,3-4,7-11H2,1-2H3,(H2,15,16,17);1H. The number of aliphatic imine (C=N–C) groups is 1. The Kier molecular flexibility index (Phi) is 8.80. The van der Waals surface area contributed by atoms with Crippen LogP contribution in [0.2, 0.25) is 0 Å². The average molecular weight is 472 g/mol. The van der Waals surface area contributed by atoms with E-state index in [1.807, 2.05) is 6.92 Å². The van der Waals surface area contributed by atoms with Gasteiger partial charge >= 0.3 is 0 Å². The smallest absolute Gasteiger partial charge is 0.214 e. The molecule has 1 fully saturated rings. The third-order valence-electron chi connectivity index (χ3n) is 3.39. The molecule has 0 bridgehead atoms. The second-order valence-electron chi connectivity index (χ2n) is 5.20. The van der Waals surface area contributed by atoms with Gasteiger partial charge < -0.3 is 10.6 Å². The first-order valence-corrected chi connectivity index (χ1v) is 9.99. The molecule has 0 saturated carbocycles. The van der Waals surface area contributed by atoms with Gasteiger partial charge in [0.2, 0.25) is 10.0 Å². The van der Waals surface area contributed by atoms with E-state index in [2.05, 4.69) is 34.7 Å². The number of hydrogen-bond acceptors (Lipinski definition) is 4. The fourth-order valence-corrected chi connectivity index (χ4v) is 4.65. The van der Waals surface area contributed by atoms with Crippen molar-refractivity contribution >= 4 is 51.3 Å². The first-order valence-electron chi connectivity index (χ1n) is 7.56. The molecule has 2 heterocycles. The Balaban J connectivity index is 0.00000264. The predicted molar refractivity (Wildman–Crippen MR) is 107 cm³/mol. The Hall–Kier alpha value is -0.390. The minimum Gasteiger partial charge on any atom is -0.357 e. The zero-order chi connectivity index (χ0) is 16.0.